The van der Waals surface area contributed by atoms with Crippen LogP contribution in [0.25, 0.3) is 0 Å². The van der Waals surface area contributed by atoms with E-state index < -0.39 is 5.97 Å². The summed E-state index contributed by atoms with van der Waals surface area (Å²) >= 11 is 0. The van der Waals surface area contributed by atoms with Crippen molar-refractivity contribution in [2.24, 2.45) is 5.92 Å². The second-order valence-corrected chi connectivity index (χ2v) is 3.12. The van der Waals surface area contributed by atoms with Crippen LogP contribution in [0.2, 0.25) is 0 Å². The number of hydrogen-bond donors (Lipinski definition) is 1. The molecule has 0 aromatic carbocycles. The highest BCUT2D eigenvalue weighted by Gasteiger charge is 2.26. The summed E-state index contributed by atoms with van der Waals surface area (Å²) in [7, 11) is 0. The highest BCUT2D eigenvalue weighted by molar-refractivity contribution is 5.88. The molecule has 1 saturated carbocycles. The number of rotatable bonds is 3. The van der Waals surface area contributed by atoms with Gasteiger partial charge < -0.3 is 9.63 Å². The van der Waals surface area contributed by atoms with E-state index in [1.807, 2.05) is 0 Å². The molecule has 0 aliphatic heterocycles. The Balaban J connectivity index is 2.17. The van der Waals surface area contributed by atoms with Crippen molar-refractivity contribution in [1.82, 2.24) is 5.16 Å². The molecule has 0 radical (unpaired) electrons. The van der Waals surface area contributed by atoms with E-state index in [1.54, 1.807) is 0 Å². The monoisotopic (exact) mass is 167 g/mol. The second kappa shape index (κ2) is 2.62. The van der Waals surface area contributed by atoms with Crippen LogP contribution in [0.1, 0.15) is 29.0 Å². The van der Waals surface area contributed by atoms with Crippen molar-refractivity contribution < 1.29 is 14.4 Å². The molecule has 1 N–H and O–H groups in total. The van der Waals surface area contributed by atoms with Crippen molar-refractivity contribution in [3.63, 3.8) is 0 Å². The van der Waals surface area contributed by atoms with Crippen LogP contribution in [0.5, 0.6) is 0 Å². The lowest BCUT2D eigenvalue weighted by Gasteiger charge is -1.92. The van der Waals surface area contributed by atoms with Gasteiger partial charge in [0.25, 0.3) is 0 Å². The van der Waals surface area contributed by atoms with Gasteiger partial charge in [-0.2, -0.15) is 0 Å². The van der Waals surface area contributed by atoms with Gasteiger partial charge in [-0.05, 0) is 18.8 Å². The van der Waals surface area contributed by atoms with E-state index in [2.05, 4.69) is 5.16 Å². The van der Waals surface area contributed by atoms with E-state index >= 15 is 0 Å². The van der Waals surface area contributed by atoms with Crippen LogP contribution in [-0.2, 0) is 6.42 Å². The highest BCUT2D eigenvalue weighted by Crippen LogP contribution is 2.33. The predicted octanol–water partition coefficient (Wildman–Crippen LogP) is 1.33. The van der Waals surface area contributed by atoms with Gasteiger partial charge in [0, 0.05) is 6.42 Å². The molecule has 4 heteroatoms. The first kappa shape index (κ1) is 7.34. The Hall–Kier alpha value is -1.32. The largest absolute Gasteiger partial charge is 0.478 e. The van der Waals surface area contributed by atoms with Gasteiger partial charge in [-0.1, -0.05) is 5.16 Å². The van der Waals surface area contributed by atoms with Crippen LogP contribution < -0.4 is 0 Å². The number of aromatic nitrogens is 1. The number of nitrogens with zero attached hydrogens (tertiary/aromatic N) is 1. The summed E-state index contributed by atoms with van der Waals surface area (Å²) in [5.74, 6) is 0.188. The van der Waals surface area contributed by atoms with Crippen molar-refractivity contribution in [3.05, 3.63) is 17.5 Å². The average Bonchev–Trinajstić information content (AvgIpc) is 2.66. The summed E-state index contributed by atoms with van der Waals surface area (Å²) < 4.78 is 4.85. The zero-order valence-electron chi connectivity index (χ0n) is 6.49. The molecule has 1 aromatic rings. The van der Waals surface area contributed by atoms with Crippen LogP contribution in [0.4, 0.5) is 0 Å². The molecule has 1 aliphatic carbocycles. The molecule has 0 spiro atoms. The summed E-state index contributed by atoms with van der Waals surface area (Å²) in [6, 6.07) is 0. The maximum Gasteiger partial charge on any atom is 0.340 e. The smallest absolute Gasteiger partial charge is 0.340 e. The van der Waals surface area contributed by atoms with Crippen LogP contribution in [0.3, 0.4) is 0 Å². The van der Waals surface area contributed by atoms with Gasteiger partial charge in [-0.25, -0.2) is 4.79 Å². The maximum absolute atomic E-state index is 10.6. The molecule has 12 heavy (non-hydrogen) atoms. The fraction of sp³-hybridized carbons (Fsp3) is 0.500. The molecular formula is C8H9NO3. The van der Waals surface area contributed by atoms with Gasteiger partial charge in [0.2, 0.25) is 0 Å². The molecule has 64 valence electrons. The maximum atomic E-state index is 10.6. The molecule has 0 bridgehead atoms. The normalized spacial score (nSPS) is 16.3. The lowest BCUT2D eigenvalue weighted by Crippen LogP contribution is -1.99. The van der Waals surface area contributed by atoms with Crippen molar-refractivity contribution >= 4 is 5.97 Å². The minimum Gasteiger partial charge on any atom is -0.478 e. The van der Waals surface area contributed by atoms with Gasteiger partial charge in [0.05, 0.1) is 6.20 Å². The summed E-state index contributed by atoms with van der Waals surface area (Å²) in [6.07, 6.45) is 4.35. The van der Waals surface area contributed by atoms with Crippen LogP contribution in [0.15, 0.2) is 10.7 Å². The van der Waals surface area contributed by atoms with E-state index in [9.17, 15) is 4.79 Å². The zero-order chi connectivity index (χ0) is 8.55. The van der Waals surface area contributed by atoms with Gasteiger partial charge in [-0.3, -0.25) is 0 Å². The van der Waals surface area contributed by atoms with Crippen molar-refractivity contribution in [3.8, 4) is 0 Å². The zero-order valence-corrected chi connectivity index (χ0v) is 6.49. The first-order valence-electron chi connectivity index (χ1n) is 3.94. The summed E-state index contributed by atoms with van der Waals surface area (Å²) in [4.78, 5) is 10.6. The van der Waals surface area contributed by atoms with Gasteiger partial charge in [0.15, 0.2) is 5.76 Å². The Kier molecular flexibility index (Phi) is 1.60. The molecule has 0 atom stereocenters. The van der Waals surface area contributed by atoms with E-state index in [1.165, 1.54) is 19.0 Å². The number of carbonyl (C=O) groups is 1. The molecule has 4 nitrogen and oxygen atoms in total. The fourth-order valence-electron chi connectivity index (χ4n) is 1.17. The van der Waals surface area contributed by atoms with Crippen LogP contribution >= 0.6 is 0 Å². The molecule has 0 unspecified atom stereocenters. The van der Waals surface area contributed by atoms with E-state index in [4.69, 9.17) is 9.63 Å². The Bertz CT molecular complexity index is 301. The van der Waals surface area contributed by atoms with Crippen molar-refractivity contribution in [2.45, 2.75) is 19.3 Å². The summed E-state index contributed by atoms with van der Waals surface area (Å²) in [5.41, 5.74) is 0.210. The Morgan fingerprint density at radius 3 is 3.08 bits per heavy atom. The molecule has 0 saturated heterocycles. The van der Waals surface area contributed by atoms with E-state index in [0.717, 1.165) is 6.42 Å². The second-order valence-electron chi connectivity index (χ2n) is 3.12. The number of aromatic carboxylic acids is 1. The Morgan fingerprint density at radius 1 is 1.75 bits per heavy atom. The molecule has 0 amide bonds. The SMILES string of the molecule is O=C(O)c1cnoc1CC1CC1. The third-order valence-electron chi connectivity index (χ3n) is 2.05. The number of carboxylic acid groups (broad SMARTS) is 1. The standard InChI is InChI=1S/C8H9NO3/c10-8(11)6-4-9-12-7(6)3-5-1-2-5/h4-5H,1-3H2,(H,10,11). The Morgan fingerprint density at radius 2 is 2.50 bits per heavy atom. The van der Waals surface area contributed by atoms with E-state index in [0.29, 0.717) is 11.7 Å². The molecule has 2 rings (SSSR count). The first-order chi connectivity index (χ1) is 5.77. The molecule has 1 aliphatic rings. The minimum absolute atomic E-state index is 0.210. The number of carboxylic acids is 1. The molecule has 1 fully saturated rings. The quantitative estimate of drug-likeness (QED) is 0.737. The predicted molar refractivity (Wildman–Crippen MR) is 39.9 cm³/mol. The van der Waals surface area contributed by atoms with Gasteiger partial charge >= 0.3 is 5.97 Å². The Labute approximate surface area is 69.2 Å². The lowest BCUT2D eigenvalue weighted by atomic mass is 10.1. The lowest BCUT2D eigenvalue weighted by molar-refractivity contribution is 0.0694. The third kappa shape index (κ3) is 1.32. The first-order valence-corrected chi connectivity index (χ1v) is 3.94. The summed E-state index contributed by atoms with van der Waals surface area (Å²) in [6.45, 7) is 0. The molecule has 1 aromatic heterocycles. The molecule has 1 heterocycles. The van der Waals surface area contributed by atoms with Crippen LogP contribution in [-0.4, -0.2) is 16.2 Å². The minimum atomic E-state index is -0.952. The highest BCUT2D eigenvalue weighted by atomic mass is 16.5. The van der Waals surface area contributed by atoms with Crippen molar-refractivity contribution in [2.75, 3.05) is 0 Å². The third-order valence-corrected chi connectivity index (χ3v) is 2.05. The van der Waals surface area contributed by atoms with E-state index in [-0.39, 0.29) is 5.56 Å². The van der Waals surface area contributed by atoms with Crippen LogP contribution in [0, 0.1) is 5.92 Å². The summed E-state index contributed by atoms with van der Waals surface area (Å²) in [5, 5.41) is 12.2. The van der Waals surface area contributed by atoms with Crippen molar-refractivity contribution in [1.29, 1.82) is 0 Å². The number of hydrogen-bond acceptors (Lipinski definition) is 3. The molecular weight excluding hydrogens is 158 g/mol. The van der Waals surface area contributed by atoms with Gasteiger partial charge in [-0.15, -0.1) is 0 Å². The topological polar surface area (TPSA) is 63.3 Å². The van der Waals surface area contributed by atoms with Gasteiger partial charge in [0.1, 0.15) is 5.56 Å². The average molecular weight is 167 g/mol. The fourth-order valence-corrected chi connectivity index (χ4v) is 1.17.